The van der Waals surface area contributed by atoms with Crippen LogP contribution in [0, 0.1) is 0 Å². The van der Waals surface area contributed by atoms with Crippen LogP contribution in [0.3, 0.4) is 0 Å². The fraction of sp³-hybridized carbons (Fsp3) is 0.571. The first-order valence-corrected chi connectivity index (χ1v) is 6.91. The Labute approximate surface area is 119 Å². The first-order chi connectivity index (χ1) is 9.60. The number of ether oxygens (including phenoxy) is 1. The van der Waals surface area contributed by atoms with E-state index in [9.17, 15) is 4.79 Å². The van der Waals surface area contributed by atoms with Crippen LogP contribution >= 0.6 is 0 Å². The van der Waals surface area contributed by atoms with Crippen LogP contribution in [0.5, 0.6) is 0 Å². The van der Waals surface area contributed by atoms with Crippen molar-refractivity contribution in [3.05, 3.63) is 18.3 Å². The predicted molar refractivity (Wildman–Crippen MR) is 79.2 cm³/mol. The second-order valence-corrected chi connectivity index (χ2v) is 5.08. The van der Waals surface area contributed by atoms with Gasteiger partial charge < -0.3 is 19.9 Å². The summed E-state index contributed by atoms with van der Waals surface area (Å²) in [5, 5.41) is 2.87. The average Bonchev–Trinajstić information content (AvgIpc) is 2.47. The van der Waals surface area contributed by atoms with Crippen molar-refractivity contribution in [2.24, 2.45) is 0 Å². The largest absolute Gasteiger partial charge is 0.375 e. The summed E-state index contributed by atoms with van der Waals surface area (Å²) in [6.45, 7) is 3.94. The number of aromatic nitrogens is 1. The summed E-state index contributed by atoms with van der Waals surface area (Å²) < 4.78 is 5.56. The third kappa shape index (κ3) is 3.60. The summed E-state index contributed by atoms with van der Waals surface area (Å²) in [7, 11) is 3.86. The van der Waals surface area contributed by atoms with E-state index >= 15 is 0 Å². The molecule has 0 radical (unpaired) electrons. The number of amides is 2. The standard InChI is InChI=1S/C14H22N4O2/c1-4-12-10-18(7-8-20-12)14(19)16-11-5-6-13(15-9-11)17(2)3/h5-6,9,12H,4,7-8,10H2,1-3H3,(H,16,19)/t12-/m1/s1. The number of rotatable bonds is 3. The molecule has 2 rings (SSSR count). The number of carbonyl (C=O) groups is 1. The van der Waals surface area contributed by atoms with Crippen molar-refractivity contribution in [1.82, 2.24) is 9.88 Å². The molecule has 0 aliphatic carbocycles. The van der Waals surface area contributed by atoms with Gasteiger partial charge in [-0.15, -0.1) is 0 Å². The number of pyridine rings is 1. The highest BCUT2D eigenvalue weighted by Crippen LogP contribution is 2.14. The van der Waals surface area contributed by atoms with Crippen molar-refractivity contribution < 1.29 is 9.53 Å². The van der Waals surface area contributed by atoms with Crippen molar-refractivity contribution in [3.8, 4) is 0 Å². The number of carbonyl (C=O) groups excluding carboxylic acids is 1. The highest BCUT2D eigenvalue weighted by atomic mass is 16.5. The molecule has 6 heteroatoms. The second kappa shape index (κ2) is 6.56. The molecule has 1 aliphatic rings. The van der Waals surface area contributed by atoms with E-state index in [0.717, 1.165) is 12.2 Å². The quantitative estimate of drug-likeness (QED) is 0.916. The molecule has 0 unspecified atom stereocenters. The van der Waals surface area contributed by atoms with Gasteiger partial charge in [-0.2, -0.15) is 0 Å². The number of hydrogen-bond donors (Lipinski definition) is 1. The minimum Gasteiger partial charge on any atom is -0.375 e. The summed E-state index contributed by atoms with van der Waals surface area (Å²) in [4.78, 5) is 20.1. The lowest BCUT2D eigenvalue weighted by Crippen LogP contribution is -2.47. The summed E-state index contributed by atoms with van der Waals surface area (Å²) >= 11 is 0. The molecule has 1 atom stereocenters. The molecule has 0 bridgehead atoms. The van der Waals surface area contributed by atoms with Gasteiger partial charge in [-0.3, -0.25) is 0 Å². The topological polar surface area (TPSA) is 57.7 Å². The number of morpholine rings is 1. The summed E-state index contributed by atoms with van der Waals surface area (Å²) in [6.07, 6.45) is 2.73. The molecule has 2 amide bonds. The van der Waals surface area contributed by atoms with Crippen molar-refractivity contribution in [1.29, 1.82) is 0 Å². The lowest BCUT2D eigenvalue weighted by atomic mass is 10.2. The highest BCUT2D eigenvalue weighted by molar-refractivity contribution is 5.89. The van der Waals surface area contributed by atoms with Crippen LogP contribution in [0.15, 0.2) is 18.3 Å². The van der Waals surface area contributed by atoms with Gasteiger partial charge in [-0.1, -0.05) is 6.92 Å². The van der Waals surface area contributed by atoms with Gasteiger partial charge in [0.25, 0.3) is 0 Å². The molecule has 1 aromatic heterocycles. The minimum atomic E-state index is -0.0915. The van der Waals surface area contributed by atoms with E-state index in [-0.39, 0.29) is 12.1 Å². The Morgan fingerprint density at radius 3 is 2.95 bits per heavy atom. The maximum atomic E-state index is 12.2. The summed E-state index contributed by atoms with van der Waals surface area (Å²) in [6, 6.07) is 3.65. The van der Waals surface area contributed by atoms with E-state index in [1.165, 1.54) is 0 Å². The monoisotopic (exact) mass is 278 g/mol. The zero-order chi connectivity index (χ0) is 14.5. The van der Waals surface area contributed by atoms with E-state index in [1.807, 2.05) is 31.1 Å². The Bertz CT molecular complexity index is 447. The van der Waals surface area contributed by atoms with Gasteiger partial charge in [0.1, 0.15) is 5.82 Å². The van der Waals surface area contributed by atoms with Crippen LogP contribution in [0.1, 0.15) is 13.3 Å². The van der Waals surface area contributed by atoms with Crippen LogP contribution in [0.25, 0.3) is 0 Å². The molecule has 1 N–H and O–H groups in total. The Kier molecular flexibility index (Phi) is 4.79. The normalized spacial score (nSPS) is 18.8. The lowest BCUT2D eigenvalue weighted by Gasteiger charge is -2.32. The van der Waals surface area contributed by atoms with Crippen LogP contribution in [-0.4, -0.2) is 55.8 Å². The highest BCUT2D eigenvalue weighted by Gasteiger charge is 2.23. The Morgan fingerprint density at radius 1 is 1.55 bits per heavy atom. The molecule has 1 aromatic rings. The third-order valence-corrected chi connectivity index (χ3v) is 3.34. The van der Waals surface area contributed by atoms with E-state index < -0.39 is 0 Å². The van der Waals surface area contributed by atoms with Gasteiger partial charge in [0.15, 0.2) is 0 Å². The van der Waals surface area contributed by atoms with Gasteiger partial charge >= 0.3 is 6.03 Å². The fourth-order valence-corrected chi connectivity index (χ4v) is 2.08. The Hall–Kier alpha value is -1.82. The van der Waals surface area contributed by atoms with E-state index in [1.54, 1.807) is 11.1 Å². The van der Waals surface area contributed by atoms with Crippen molar-refractivity contribution >= 4 is 17.5 Å². The number of nitrogens with one attached hydrogen (secondary N) is 1. The molecule has 6 nitrogen and oxygen atoms in total. The van der Waals surface area contributed by atoms with Crippen molar-refractivity contribution in [3.63, 3.8) is 0 Å². The van der Waals surface area contributed by atoms with Gasteiger partial charge in [-0.25, -0.2) is 9.78 Å². The smallest absolute Gasteiger partial charge is 0.322 e. The molecule has 1 fully saturated rings. The van der Waals surface area contributed by atoms with Gasteiger partial charge in [-0.05, 0) is 18.6 Å². The summed E-state index contributed by atoms with van der Waals surface area (Å²) in [5.41, 5.74) is 0.708. The molecular weight excluding hydrogens is 256 g/mol. The molecule has 110 valence electrons. The van der Waals surface area contributed by atoms with Crippen LogP contribution in [-0.2, 0) is 4.74 Å². The van der Waals surface area contributed by atoms with Crippen LogP contribution in [0.4, 0.5) is 16.3 Å². The first-order valence-electron chi connectivity index (χ1n) is 6.91. The molecule has 0 saturated carbocycles. The fourth-order valence-electron chi connectivity index (χ4n) is 2.08. The zero-order valence-electron chi connectivity index (χ0n) is 12.3. The maximum absolute atomic E-state index is 12.2. The van der Waals surface area contributed by atoms with Gasteiger partial charge in [0, 0.05) is 27.2 Å². The lowest BCUT2D eigenvalue weighted by molar-refractivity contribution is -0.0134. The Balaban J connectivity index is 1.93. The third-order valence-electron chi connectivity index (χ3n) is 3.34. The molecule has 0 aromatic carbocycles. The number of nitrogens with zero attached hydrogens (tertiary/aromatic N) is 3. The molecule has 0 spiro atoms. The van der Waals surface area contributed by atoms with E-state index in [4.69, 9.17) is 4.74 Å². The molecule has 1 aliphatic heterocycles. The average molecular weight is 278 g/mol. The Morgan fingerprint density at radius 2 is 2.35 bits per heavy atom. The van der Waals surface area contributed by atoms with Gasteiger partial charge in [0.2, 0.25) is 0 Å². The predicted octanol–water partition coefficient (Wildman–Crippen LogP) is 1.79. The number of anilines is 2. The molecule has 20 heavy (non-hydrogen) atoms. The molecule has 1 saturated heterocycles. The van der Waals surface area contributed by atoms with Crippen LogP contribution < -0.4 is 10.2 Å². The minimum absolute atomic E-state index is 0.0915. The zero-order valence-corrected chi connectivity index (χ0v) is 12.3. The first kappa shape index (κ1) is 14.6. The van der Waals surface area contributed by atoms with E-state index in [0.29, 0.717) is 25.4 Å². The maximum Gasteiger partial charge on any atom is 0.322 e. The van der Waals surface area contributed by atoms with Crippen molar-refractivity contribution in [2.45, 2.75) is 19.4 Å². The van der Waals surface area contributed by atoms with E-state index in [2.05, 4.69) is 17.2 Å². The van der Waals surface area contributed by atoms with Crippen LogP contribution in [0.2, 0.25) is 0 Å². The number of urea groups is 1. The second-order valence-electron chi connectivity index (χ2n) is 5.08. The summed E-state index contributed by atoms with van der Waals surface area (Å²) in [5.74, 6) is 0.861. The SMILES string of the molecule is CC[C@@H]1CN(C(=O)Nc2ccc(N(C)C)nc2)CCO1. The number of hydrogen-bond acceptors (Lipinski definition) is 4. The van der Waals surface area contributed by atoms with Crippen molar-refractivity contribution in [2.75, 3.05) is 44.0 Å². The van der Waals surface area contributed by atoms with Gasteiger partial charge in [0.05, 0.1) is 24.6 Å². The molecule has 2 heterocycles. The molecular formula is C14H22N4O2.